The number of ketones is 1. The fourth-order valence-electron chi connectivity index (χ4n) is 5.31. The number of aryl methyl sites for hydroxylation is 1. The highest BCUT2D eigenvalue weighted by molar-refractivity contribution is 7.16. The van der Waals surface area contributed by atoms with E-state index in [-0.39, 0.29) is 5.78 Å². The van der Waals surface area contributed by atoms with Crippen molar-refractivity contribution in [2.24, 2.45) is 5.92 Å². The second-order valence-corrected chi connectivity index (χ2v) is 11.1. The first-order valence-corrected chi connectivity index (χ1v) is 14.7. The largest absolute Gasteiger partial charge is 0.330 e. The summed E-state index contributed by atoms with van der Waals surface area (Å²) in [6.07, 6.45) is 14.5. The number of carbonyl (C=O) groups excluding carboxylic acids is 1. The normalized spacial score (nSPS) is 14.7. The molecule has 1 aliphatic rings. The van der Waals surface area contributed by atoms with E-state index in [0.29, 0.717) is 0 Å². The van der Waals surface area contributed by atoms with Crippen molar-refractivity contribution >= 4 is 27.3 Å². The summed E-state index contributed by atoms with van der Waals surface area (Å²) in [7, 11) is 0. The molecule has 0 amide bonds. The van der Waals surface area contributed by atoms with Gasteiger partial charge in [-0.3, -0.25) is 4.79 Å². The Hall–Kier alpha value is -1.61. The van der Waals surface area contributed by atoms with Crippen LogP contribution in [0.15, 0.2) is 39.8 Å². The summed E-state index contributed by atoms with van der Waals surface area (Å²) in [5.41, 5.74) is 5.64. The summed E-state index contributed by atoms with van der Waals surface area (Å²) in [6.45, 7) is 16.2. The van der Waals surface area contributed by atoms with Crippen LogP contribution in [0.25, 0.3) is 10.2 Å². The van der Waals surface area contributed by atoms with Gasteiger partial charge in [0.05, 0.1) is 5.69 Å². The van der Waals surface area contributed by atoms with E-state index in [9.17, 15) is 4.79 Å². The minimum atomic E-state index is 0.200. The molecule has 190 valence electrons. The third-order valence-corrected chi connectivity index (χ3v) is 8.27. The van der Waals surface area contributed by atoms with Gasteiger partial charge in [0.15, 0.2) is 0 Å². The quantitative estimate of drug-likeness (QED) is 0.177. The SMILES string of the molecule is CCCCCC(CC)CCC.CCn1c(C(=O)C(=C(C)C)C2=C(C)CCCC2)cc2ccsc21. The second-order valence-electron chi connectivity index (χ2n) is 10.2. The third-order valence-electron chi connectivity index (χ3n) is 7.31. The summed E-state index contributed by atoms with van der Waals surface area (Å²) in [4.78, 5) is 14.6. The van der Waals surface area contributed by atoms with Crippen LogP contribution in [0.3, 0.4) is 0 Å². The molecule has 2 aromatic rings. The van der Waals surface area contributed by atoms with Crippen molar-refractivity contribution in [3.05, 3.63) is 45.5 Å². The number of hydrogen-bond acceptors (Lipinski definition) is 2. The summed E-state index contributed by atoms with van der Waals surface area (Å²) in [5, 5.41) is 3.28. The second kappa shape index (κ2) is 14.7. The van der Waals surface area contributed by atoms with Crippen LogP contribution in [0.2, 0.25) is 0 Å². The zero-order chi connectivity index (χ0) is 25.1. The average molecular weight is 484 g/mol. The van der Waals surface area contributed by atoms with Crippen molar-refractivity contribution in [2.75, 3.05) is 0 Å². The molecule has 0 bridgehead atoms. The van der Waals surface area contributed by atoms with Crippen molar-refractivity contribution in [2.45, 2.75) is 126 Å². The molecule has 0 aliphatic heterocycles. The lowest BCUT2D eigenvalue weighted by Gasteiger charge is -2.21. The first kappa shape index (κ1) is 28.6. The first-order valence-electron chi connectivity index (χ1n) is 13.9. The summed E-state index contributed by atoms with van der Waals surface area (Å²) < 4.78 is 2.17. The first-order chi connectivity index (χ1) is 16.4. The molecule has 2 aromatic heterocycles. The van der Waals surface area contributed by atoms with Crippen molar-refractivity contribution < 1.29 is 4.79 Å². The number of carbonyl (C=O) groups is 1. The maximum Gasteiger partial charge on any atom is 0.209 e. The Bertz CT molecular complexity index is 967. The Morgan fingerprint density at radius 2 is 1.76 bits per heavy atom. The molecule has 0 fully saturated rings. The molecule has 2 nitrogen and oxygen atoms in total. The van der Waals surface area contributed by atoms with Crippen molar-refractivity contribution in [1.82, 2.24) is 4.57 Å². The Kier molecular flexibility index (Phi) is 12.4. The predicted octanol–water partition coefficient (Wildman–Crippen LogP) is 10.5. The van der Waals surface area contributed by atoms with Gasteiger partial charge in [0, 0.05) is 17.5 Å². The fraction of sp³-hybridized carbons (Fsp3) is 0.645. The standard InChI is InChI=1S/C20H25NOS.C11H24/c1-5-21-17(12-15-10-11-23-20(15)21)19(22)18(13(2)3)16-9-7-6-8-14(16)4;1-4-7-8-10-11(6-3)9-5-2/h10-12H,5-9H2,1-4H3;11H,4-10H2,1-3H3. The van der Waals surface area contributed by atoms with Gasteiger partial charge in [-0.05, 0) is 82.4 Å². The van der Waals surface area contributed by atoms with Gasteiger partial charge in [0.2, 0.25) is 5.78 Å². The lowest BCUT2D eigenvalue weighted by molar-refractivity contribution is 0.102. The molecule has 3 heteroatoms. The number of nitrogens with zero attached hydrogens (tertiary/aromatic N) is 1. The molecule has 1 unspecified atom stereocenters. The number of Topliss-reactive ketones (excluding diaryl/α,β-unsaturated/α-hetero) is 1. The van der Waals surface area contributed by atoms with Gasteiger partial charge in [-0.2, -0.15) is 0 Å². The van der Waals surface area contributed by atoms with E-state index >= 15 is 0 Å². The molecule has 0 saturated heterocycles. The number of aromatic nitrogens is 1. The summed E-state index contributed by atoms with van der Waals surface area (Å²) in [5.74, 6) is 1.22. The Labute approximate surface area is 213 Å². The van der Waals surface area contributed by atoms with Gasteiger partial charge in [0.1, 0.15) is 4.83 Å². The zero-order valence-corrected chi connectivity index (χ0v) is 23.9. The Balaban J connectivity index is 0.000000316. The number of hydrogen-bond donors (Lipinski definition) is 0. The maximum atomic E-state index is 13.4. The third kappa shape index (κ3) is 7.44. The number of unbranched alkanes of at least 4 members (excludes halogenated alkanes) is 2. The van der Waals surface area contributed by atoms with Crippen LogP contribution < -0.4 is 0 Å². The molecule has 0 saturated carbocycles. The lowest BCUT2D eigenvalue weighted by atomic mass is 9.84. The van der Waals surface area contributed by atoms with Crippen LogP contribution in [0.1, 0.15) is 130 Å². The highest BCUT2D eigenvalue weighted by Gasteiger charge is 2.25. The van der Waals surface area contributed by atoms with E-state index in [2.05, 4.69) is 70.5 Å². The van der Waals surface area contributed by atoms with Gasteiger partial charge in [-0.15, -0.1) is 11.3 Å². The van der Waals surface area contributed by atoms with E-state index in [0.717, 1.165) is 42.1 Å². The highest BCUT2D eigenvalue weighted by atomic mass is 32.1. The highest BCUT2D eigenvalue weighted by Crippen LogP contribution is 2.34. The molecule has 0 radical (unpaired) electrons. The molecular weight excluding hydrogens is 434 g/mol. The van der Waals surface area contributed by atoms with Gasteiger partial charge in [0.25, 0.3) is 0 Å². The maximum absolute atomic E-state index is 13.4. The molecule has 0 spiro atoms. The number of fused-ring (bicyclic) bond motifs is 1. The lowest BCUT2D eigenvalue weighted by Crippen LogP contribution is -2.15. The summed E-state index contributed by atoms with van der Waals surface area (Å²) >= 11 is 1.72. The predicted molar refractivity (Wildman–Crippen MR) is 152 cm³/mol. The Morgan fingerprint density at radius 3 is 2.35 bits per heavy atom. The van der Waals surface area contributed by atoms with Gasteiger partial charge < -0.3 is 4.57 Å². The van der Waals surface area contributed by atoms with Crippen molar-refractivity contribution in [3.8, 4) is 0 Å². The number of allylic oxidation sites excluding steroid dienone is 4. The minimum Gasteiger partial charge on any atom is -0.330 e. The number of rotatable bonds is 11. The monoisotopic (exact) mass is 483 g/mol. The molecule has 1 atom stereocenters. The molecule has 3 rings (SSSR count). The molecule has 0 N–H and O–H groups in total. The molecule has 34 heavy (non-hydrogen) atoms. The fourth-order valence-corrected chi connectivity index (χ4v) is 6.27. The van der Waals surface area contributed by atoms with Crippen LogP contribution in [-0.4, -0.2) is 10.4 Å². The molecule has 2 heterocycles. The Morgan fingerprint density at radius 1 is 1.03 bits per heavy atom. The molecule has 1 aliphatic carbocycles. The zero-order valence-electron chi connectivity index (χ0n) is 23.1. The molecular formula is C31H49NOS. The van der Waals surface area contributed by atoms with Gasteiger partial charge in [-0.1, -0.05) is 76.9 Å². The van der Waals surface area contributed by atoms with E-state index in [1.807, 2.05) is 0 Å². The van der Waals surface area contributed by atoms with E-state index in [1.165, 1.54) is 79.2 Å². The minimum absolute atomic E-state index is 0.200. The average Bonchev–Trinajstić information content (AvgIpc) is 3.41. The topological polar surface area (TPSA) is 22.0 Å². The van der Waals surface area contributed by atoms with Crippen LogP contribution in [0, 0.1) is 5.92 Å². The van der Waals surface area contributed by atoms with E-state index < -0.39 is 0 Å². The van der Waals surface area contributed by atoms with Crippen LogP contribution in [-0.2, 0) is 6.54 Å². The number of thiophene rings is 1. The van der Waals surface area contributed by atoms with Gasteiger partial charge >= 0.3 is 0 Å². The van der Waals surface area contributed by atoms with Crippen LogP contribution >= 0.6 is 11.3 Å². The smallest absolute Gasteiger partial charge is 0.209 e. The van der Waals surface area contributed by atoms with E-state index in [4.69, 9.17) is 0 Å². The van der Waals surface area contributed by atoms with Crippen LogP contribution in [0.5, 0.6) is 0 Å². The summed E-state index contributed by atoms with van der Waals surface area (Å²) in [6, 6.07) is 4.18. The van der Waals surface area contributed by atoms with Crippen molar-refractivity contribution in [3.63, 3.8) is 0 Å². The van der Waals surface area contributed by atoms with Crippen LogP contribution in [0.4, 0.5) is 0 Å². The molecule has 0 aromatic carbocycles. The van der Waals surface area contributed by atoms with Gasteiger partial charge in [-0.25, -0.2) is 0 Å². The van der Waals surface area contributed by atoms with Crippen molar-refractivity contribution in [1.29, 1.82) is 0 Å². The van der Waals surface area contributed by atoms with E-state index in [1.54, 1.807) is 11.3 Å².